The Morgan fingerprint density at radius 2 is 2.00 bits per heavy atom. The highest BCUT2D eigenvalue weighted by atomic mass is 16.3. The highest BCUT2D eigenvalue weighted by Crippen LogP contribution is 2.31. The van der Waals surface area contributed by atoms with E-state index in [1.807, 2.05) is 17.0 Å². The fourth-order valence-corrected chi connectivity index (χ4v) is 3.58. The Morgan fingerprint density at radius 1 is 1.15 bits per heavy atom. The predicted molar refractivity (Wildman–Crippen MR) is 79.7 cm³/mol. The van der Waals surface area contributed by atoms with E-state index in [4.69, 9.17) is 0 Å². The lowest BCUT2D eigenvalue weighted by molar-refractivity contribution is -0.118. The van der Waals surface area contributed by atoms with Crippen LogP contribution < -0.4 is 4.90 Å². The summed E-state index contributed by atoms with van der Waals surface area (Å²) in [6, 6.07) is 8.25. The van der Waals surface area contributed by atoms with E-state index in [0.29, 0.717) is 12.3 Å². The van der Waals surface area contributed by atoms with Crippen LogP contribution in [0.4, 0.5) is 5.69 Å². The number of rotatable bonds is 3. The standard InChI is InChI=1S/C17H23NO2/c19-16-9-3-7-14(16)11-12-18-15-8-2-1-5-13(15)6-4-10-17(18)20/h1-2,5,8,14,16,19H,3-4,6-7,9-12H2. The number of hydrogen-bond donors (Lipinski definition) is 1. The molecule has 1 aliphatic heterocycles. The maximum Gasteiger partial charge on any atom is 0.226 e. The number of aryl methyl sites for hydroxylation is 1. The number of hydrogen-bond acceptors (Lipinski definition) is 2. The van der Waals surface area contributed by atoms with Crippen molar-refractivity contribution in [3.05, 3.63) is 29.8 Å². The minimum absolute atomic E-state index is 0.160. The lowest BCUT2D eigenvalue weighted by atomic mass is 10.0. The molecule has 2 unspecified atom stereocenters. The third kappa shape index (κ3) is 2.73. The van der Waals surface area contributed by atoms with Crippen LogP contribution in [0.15, 0.2) is 24.3 Å². The minimum Gasteiger partial charge on any atom is -0.393 e. The Hall–Kier alpha value is -1.35. The van der Waals surface area contributed by atoms with Gasteiger partial charge in [0.15, 0.2) is 0 Å². The van der Waals surface area contributed by atoms with E-state index in [1.54, 1.807) is 0 Å². The molecule has 2 aliphatic rings. The summed E-state index contributed by atoms with van der Waals surface area (Å²) in [5.74, 6) is 0.612. The normalized spacial score (nSPS) is 26.4. The number of nitrogens with zero attached hydrogens (tertiary/aromatic N) is 1. The second-order valence-corrected chi connectivity index (χ2v) is 6.07. The number of aliphatic hydroxyl groups is 1. The quantitative estimate of drug-likeness (QED) is 0.920. The number of aliphatic hydroxyl groups excluding tert-OH is 1. The Bertz CT molecular complexity index is 486. The van der Waals surface area contributed by atoms with Crippen molar-refractivity contribution >= 4 is 11.6 Å². The summed E-state index contributed by atoms with van der Waals surface area (Å²) in [7, 11) is 0. The fourth-order valence-electron chi connectivity index (χ4n) is 3.58. The highest BCUT2D eigenvalue weighted by molar-refractivity contribution is 5.94. The lowest BCUT2D eigenvalue weighted by Gasteiger charge is -2.25. The van der Waals surface area contributed by atoms with Crippen LogP contribution in [-0.2, 0) is 11.2 Å². The van der Waals surface area contributed by atoms with Crippen LogP contribution in [0.5, 0.6) is 0 Å². The van der Waals surface area contributed by atoms with Gasteiger partial charge in [-0.3, -0.25) is 4.79 Å². The Morgan fingerprint density at radius 3 is 2.80 bits per heavy atom. The number of fused-ring (bicyclic) bond motifs is 1. The van der Waals surface area contributed by atoms with Crippen LogP contribution in [0.3, 0.4) is 0 Å². The molecule has 3 nitrogen and oxygen atoms in total. The molecule has 0 aromatic heterocycles. The van der Waals surface area contributed by atoms with Crippen LogP contribution in [0.1, 0.15) is 44.1 Å². The first kappa shape index (κ1) is 13.6. The van der Waals surface area contributed by atoms with Crippen LogP contribution >= 0.6 is 0 Å². The van der Waals surface area contributed by atoms with E-state index in [1.165, 1.54) is 5.56 Å². The number of amides is 1. The first-order chi connectivity index (χ1) is 9.75. The molecule has 0 radical (unpaired) electrons. The number of benzene rings is 1. The van der Waals surface area contributed by atoms with Crippen molar-refractivity contribution in [3.8, 4) is 0 Å². The second-order valence-electron chi connectivity index (χ2n) is 6.07. The zero-order valence-corrected chi connectivity index (χ0v) is 11.9. The molecule has 1 amide bonds. The molecule has 1 aliphatic carbocycles. The summed E-state index contributed by atoms with van der Waals surface area (Å²) in [5.41, 5.74) is 2.37. The van der Waals surface area contributed by atoms with Gasteiger partial charge in [0.2, 0.25) is 5.91 Å². The van der Waals surface area contributed by atoms with Crippen LogP contribution in [-0.4, -0.2) is 23.7 Å². The number of carbonyl (C=O) groups is 1. The van der Waals surface area contributed by atoms with E-state index >= 15 is 0 Å². The Labute approximate surface area is 120 Å². The zero-order chi connectivity index (χ0) is 13.9. The minimum atomic E-state index is -0.160. The van der Waals surface area contributed by atoms with Gasteiger partial charge in [-0.05, 0) is 49.7 Å². The number of carbonyl (C=O) groups excluding carboxylic acids is 1. The maximum absolute atomic E-state index is 12.3. The van der Waals surface area contributed by atoms with Gasteiger partial charge in [0.1, 0.15) is 0 Å². The van der Waals surface area contributed by atoms with Gasteiger partial charge in [0.05, 0.1) is 6.10 Å². The van der Waals surface area contributed by atoms with Crippen molar-refractivity contribution in [2.24, 2.45) is 5.92 Å². The van der Waals surface area contributed by atoms with Gasteiger partial charge in [0.25, 0.3) is 0 Å². The largest absolute Gasteiger partial charge is 0.393 e. The fraction of sp³-hybridized carbons (Fsp3) is 0.588. The Kier molecular flexibility index (Phi) is 4.06. The van der Waals surface area contributed by atoms with Gasteiger partial charge in [-0.1, -0.05) is 24.6 Å². The van der Waals surface area contributed by atoms with Crippen molar-refractivity contribution < 1.29 is 9.90 Å². The van der Waals surface area contributed by atoms with Gasteiger partial charge in [0, 0.05) is 18.7 Å². The van der Waals surface area contributed by atoms with Crippen molar-refractivity contribution in [2.75, 3.05) is 11.4 Å². The van der Waals surface area contributed by atoms with Crippen LogP contribution in [0, 0.1) is 5.92 Å². The molecule has 1 saturated carbocycles. The molecule has 2 atom stereocenters. The average Bonchev–Trinajstić information content (AvgIpc) is 2.78. The molecule has 1 heterocycles. The molecule has 3 heteroatoms. The third-order valence-electron chi connectivity index (χ3n) is 4.76. The van der Waals surface area contributed by atoms with E-state index in [9.17, 15) is 9.90 Å². The molecule has 1 fully saturated rings. The first-order valence-corrected chi connectivity index (χ1v) is 7.82. The van der Waals surface area contributed by atoms with Crippen molar-refractivity contribution in [1.82, 2.24) is 0 Å². The van der Waals surface area contributed by atoms with E-state index in [0.717, 1.165) is 50.8 Å². The molecule has 108 valence electrons. The summed E-state index contributed by atoms with van der Waals surface area (Å²) in [6.07, 6.45) is 6.48. The van der Waals surface area contributed by atoms with E-state index < -0.39 is 0 Å². The molecule has 0 bridgehead atoms. The highest BCUT2D eigenvalue weighted by Gasteiger charge is 2.27. The molecule has 1 aromatic carbocycles. The van der Waals surface area contributed by atoms with Gasteiger partial charge < -0.3 is 10.0 Å². The second kappa shape index (κ2) is 5.96. The summed E-state index contributed by atoms with van der Waals surface area (Å²) < 4.78 is 0. The maximum atomic E-state index is 12.3. The average molecular weight is 273 g/mol. The molecule has 1 N–H and O–H groups in total. The number of para-hydroxylation sites is 1. The van der Waals surface area contributed by atoms with Crippen molar-refractivity contribution in [1.29, 1.82) is 0 Å². The Balaban J connectivity index is 1.74. The van der Waals surface area contributed by atoms with Crippen LogP contribution in [0.2, 0.25) is 0 Å². The lowest BCUT2D eigenvalue weighted by Crippen LogP contribution is -2.33. The summed E-state index contributed by atoms with van der Waals surface area (Å²) in [5, 5.41) is 9.93. The smallest absolute Gasteiger partial charge is 0.226 e. The van der Waals surface area contributed by atoms with Gasteiger partial charge in [-0.2, -0.15) is 0 Å². The number of anilines is 1. The van der Waals surface area contributed by atoms with Gasteiger partial charge in [-0.15, -0.1) is 0 Å². The SMILES string of the molecule is O=C1CCCc2ccccc2N1CCC1CCCC1O. The van der Waals surface area contributed by atoms with Crippen LogP contribution in [0.25, 0.3) is 0 Å². The van der Waals surface area contributed by atoms with Gasteiger partial charge >= 0.3 is 0 Å². The van der Waals surface area contributed by atoms with E-state index in [-0.39, 0.29) is 12.0 Å². The van der Waals surface area contributed by atoms with Gasteiger partial charge in [-0.25, -0.2) is 0 Å². The zero-order valence-electron chi connectivity index (χ0n) is 11.9. The summed E-state index contributed by atoms with van der Waals surface area (Å²) >= 11 is 0. The van der Waals surface area contributed by atoms with Crippen molar-refractivity contribution in [3.63, 3.8) is 0 Å². The molecule has 3 rings (SSSR count). The molecule has 0 spiro atoms. The summed E-state index contributed by atoms with van der Waals surface area (Å²) in [4.78, 5) is 14.3. The predicted octanol–water partition coefficient (Wildman–Crippen LogP) is 2.91. The molecular formula is C17H23NO2. The molecular weight excluding hydrogens is 250 g/mol. The molecule has 20 heavy (non-hydrogen) atoms. The third-order valence-corrected chi connectivity index (χ3v) is 4.76. The molecule has 1 aromatic rings. The summed E-state index contributed by atoms with van der Waals surface area (Å²) in [6.45, 7) is 0.748. The monoisotopic (exact) mass is 273 g/mol. The van der Waals surface area contributed by atoms with E-state index in [2.05, 4.69) is 12.1 Å². The first-order valence-electron chi connectivity index (χ1n) is 7.82. The van der Waals surface area contributed by atoms with Crippen molar-refractivity contribution in [2.45, 2.75) is 51.0 Å². The topological polar surface area (TPSA) is 40.5 Å². The molecule has 0 saturated heterocycles.